The van der Waals surface area contributed by atoms with Crippen LogP contribution in [0.25, 0.3) is 0 Å². The molecule has 6 heteroatoms. The summed E-state index contributed by atoms with van der Waals surface area (Å²) in [5, 5.41) is 19.5. The fraction of sp³-hybridized carbons (Fsp3) is 0.417. The van der Waals surface area contributed by atoms with Gasteiger partial charge in [0.1, 0.15) is 0 Å². The van der Waals surface area contributed by atoms with Gasteiger partial charge in [-0.25, -0.2) is 0 Å². The highest BCUT2D eigenvalue weighted by atomic mass is 35.5. The van der Waals surface area contributed by atoms with Crippen molar-refractivity contribution in [2.75, 3.05) is 20.1 Å². The summed E-state index contributed by atoms with van der Waals surface area (Å²) in [7, 11) is 1.75. The average molecular weight is 292 g/mol. The molecule has 0 saturated carbocycles. The molecule has 1 unspecified atom stereocenters. The Morgan fingerprint density at radius 1 is 1.44 bits per heavy atom. The largest absolute Gasteiger partial charge is 0.481 e. The molecule has 0 aliphatic carbocycles. The van der Waals surface area contributed by atoms with E-state index < -0.39 is 12.1 Å². The number of carboxylic acid groups (broad SMARTS) is 1. The van der Waals surface area contributed by atoms with E-state index in [0.717, 1.165) is 0 Å². The summed E-state index contributed by atoms with van der Waals surface area (Å²) in [5.41, 5.74) is 0.586. The van der Waals surface area contributed by atoms with Crippen molar-refractivity contribution in [2.45, 2.75) is 12.5 Å². The van der Waals surface area contributed by atoms with E-state index in [1.165, 1.54) is 0 Å². The molecular formula is C12H15Cl2NO3. The lowest BCUT2D eigenvalue weighted by molar-refractivity contribution is -0.137. The Labute approximate surface area is 116 Å². The number of benzene rings is 1. The minimum atomic E-state index is -0.860. The monoisotopic (exact) mass is 291 g/mol. The molecule has 18 heavy (non-hydrogen) atoms. The normalized spacial score (nSPS) is 12.7. The van der Waals surface area contributed by atoms with Gasteiger partial charge >= 0.3 is 5.97 Å². The molecule has 0 heterocycles. The molecule has 1 aromatic rings. The van der Waals surface area contributed by atoms with E-state index in [-0.39, 0.29) is 6.42 Å². The maximum atomic E-state index is 10.4. The van der Waals surface area contributed by atoms with Gasteiger partial charge in [-0.3, -0.25) is 4.79 Å². The number of aliphatic carboxylic acids is 1. The quantitative estimate of drug-likeness (QED) is 0.845. The third kappa shape index (κ3) is 4.82. The summed E-state index contributed by atoms with van der Waals surface area (Å²) in [6, 6.07) is 4.89. The van der Waals surface area contributed by atoms with Crippen LogP contribution in [0.1, 0.15) is 18.1 Å². The van der Waals surface area contributed by atoms with Gasteiger partial charge in [-0.05, 0) is 19.2 Å². The van der Waals surface area contributed by atoms with Crippen LogP contribution >= 0.6 is 23.2 Å². The highest BCUT2D eigenvalue weighted by Gasteiger charge is 2.14. The van der Waals surface area contributed by atoms with Crippen molar-refractivity contribution < 1.29 is 15.0 Å². The molecule has 0 amide bonds. The van der Waals surface area contributed by atoms with Gasteiger partial charge in [-0.15, -0.1) is 0 Å². The molecule has 0 fully saturated rings. The van der Waals surface area contributed by atoms with E-state index in [4.69, 9.17) is 28.3 Å². The maximum absolute atomic E-state index is 10.4. The van der Waals surface area contributed by atoms with Gasteiger partial charge < -0.3 is 15.1 Å². The third-order valence-electron chi connectivity index (χ3n) is 2.51. The van der Waals surface area contributed by atoms with E-state index >= 15 is 0 Å². The Kier molecular flexibility index (Phi) is 5.88. The van der Waals surface area contributed by atoms with Gasteiger partial charge in [0.2, 0.25) is 0 Å². The van der Waals surface area contributed by atoms with Crippen LogP contribution in [0.4, 0.5) is 0 Å². The van der Waals surface area contributed by atoms with E-state index in [0.29, 0.717) is 28.7 Å². The number of likely N-dealkylation sites (N-methyl/N-ethyl adjacent to an activating group) is 1. The second-order valence-corrected chi connectivity index (χ2v) is 4.93. The van der Waals surface area contributed by atoms with Crippen LogP contribution in [0.3, 0.4) is 0 Å². The lowest BCUT2D eigenvalue weighted by Crippen LogP contribution is -2.27. The topological polar surface area (TPSA) is 60.8 Å². The molecule has 0 spiro atoms. The predicted octanol–water partition coefficient (Wildman–Crippen LogP) is 2.43. The first kappa shape index (κ1) is 15.2. The number of rotatable bonds is 6. The lowest BCUT2D eigenvalue weighted by Gasteiger charge is -2.20. The van der Waals surface area contributed by atoms with Crippen molar-refractivity contribution >= 4 is 29.2 Å². The lowest BCUT2D eigenvalue weighted by atomic mass is 10.1. The molecule has 4 nitrogen and oxygen atoms in total. The molecule has 0 radical (unpaired) electrons. The molecule has 100 valence electrons. The standard InChI is InChI=1S/C12H15Cl2NO3/c1-15(5-4-12(17)18)7-11(16)9-3-2-8(13)6-10(9)14/h2-3,6,11,16H,4-5,7H2,1H3,(H,17,18). The second kappa shape index (κ2) is 6.95. The summed E-state index contributed by atoms with van der Waals surface area (Å²) < 4.78 is 0. The van der Waals surface area contributed by atoms with E-state index in [1.54, 1.807) is 30.1 Å². The zero-order chi connectivity index (χ0) is 13.7. The van der Waals surface area contributed by atoms with Gasteiger partial charge in [-0.2, -0.15) is 0 Å². The van der Waals surface area contributed by atoms with Gasteiger partial charge in [0, 0.05) is 28.7 Å². The summed E-state index contributed by atoms with van der Waals surface area (Å²) in [6.45, 7) is 0.687. The molecule has 0 bridgehead atoms. The van der Waals surface area contributed by atoms with Gasteiger partial charge in [0.15, 0.2) is 0 Å². The summed E-state index contributed by atoms with van der Waals surface area (Å²) in [4.78, 5) is 12.2. The van der Waals surface area contributed by atoms with Gasteiger partial charge in [0.25, 0.3) is 0 Å². The van der Waals surface area contributed by atoms with Crippen molar-refractivity contribution in [2.24, 2.45) is 0 Å². The molecule has 1 atom stereocenters. The van der Waals surface area contributed by atoms with E-state index in [9.17, 15) is 9.90 Å². The van der Waals surface area contributed by atoms with Gasteiger partial charge in [-0.1, -0.05) is 29.3 Å². The summed E-state index contributed by atoms with van der Waals surface area (Å²) in [5.74, 6) is -0.860. The van der Waals surface area contributed by atoms with Gasteiger partial charge in [0.05, 0.1) is 12.5 Å². The number of nitrogens with zero attached hydrogens (tertiary/aromatic N) is 1. The fourth-order valence-electron chi connectivity index (χ4n) is 1.54. The first-order chi connectivity index (χ1) is 8.40. The van der Waals surface area contributed by atoms with E-state index in [2.05, 4.69) is 0 Å². The Hall–Kier alpha value is -0.810. The van der Waals surface area contributed by atoms with Crippen LogP contribution in [-0.2, 0) is 4.79 Å². The molecule has 0 aliphatic rings. The minimum Gasteiger partial charge on any atom is -0.481 e. The number of hydrogen-bond donors (Lipinski definition) is 2. The van der Waals surface area contributed by atoms with Crippen molar-refractivity contribution in [1.82, 2.24) is 4.90 Å². The molecule has 2 N–H and O–H groups in total. The Morgan fingerprint density at radius 3 is 2.67 bits per heavy atom. The van der Waals surface area contributed by atoms with Crippen molar-refractivity contribution in [3.63, 3.8) is 0 Å². The number of hydrogen-bond acceptors (Lipinski definition) is 3. The number of aliphatic hydroxyl groups excluding tert-OH is 1. The maximum Gasteiger partial charge on any atom is 0.304 e. The highest BCUT2D eigenvalue weighted by Crippen LogP contribution is 2.26. The SMILES string of the molecule is CN(CCC(=O)O)CC(O)c1ccc(Cl)cc1Cl. The van der Waals surface area contributed by atoms with E-state index in [1.807, 2.05) is 0 Å². The van der Waals surface area contributed by atoms with Crippen molar-refractivity contribution in [3.05, 3.63) is 33.8 Å². The van der Waals surface area contributed by atoms with Crippen LogP contribution in [0.15, 0.2) is 18.2 Å². The Bertz CT molecular complexity index is 426. The third-order valence-corrected chi connectivity index (χ3v) is 3.08. The molecule has 0 saturated heterocycles. The van der Waals surface area contributed by atoms with Crippen LogP contribution in [0.5, 0.6) is 0 Å². The minimum absolute atomic E-state index is 0.0393. The average Bonchev–Trinajstić information content (AvgIpc) is 2.26. The number of carbonyl (C=O) groups is 1. The van der Waals surface area contributed by atoms with Crippen molar-refractivity contribution in [3.8, 4) is 0 Å². The summed E-state index contributed by atoms with van der Waals surface area (Å²) in [6.07, 6.45) is -0.731. The number of carboxylic acids is 1. The molecule has 1 aromatic carbocycles. The first-order valence-corrected chi connectivity index (χ1v) is 6.19. The van der Waals surface area contributed by atoms with Crippen LogP contribution in [0, 0.1) is 0 Å². The highest BCUT2D eigenvalue weighted by molar-refractivity contribution is 6.35. The Balaban J connectivity index is 2.59. The molecule has 0 aromatic heterocycles. The van der Waals surface area contributed by atoms with Crippen LogP contribution in [-0.4, -0.2) is 41.2 Å². The summed E-state index contributed by atoms with van der Waals surface area (Å²) >= 11 is 11.7. The predicted molar refractivity (Wildman–Crippen MR) is 71.2 cm³/mol. The van der Waals surface area contributed by atoms with Crippen LogP contribution < -0.4 is 0 Å². The molecule has 1 rings (SSSR count). The fourth-order valence-corrected chi connectivity index (χ4v) is 2.08. The zero-order valence-corrected chi connectivity index (χ0v) is 11.4. The molecule has 0 aliphatic heterocycles. The number of halogens is 2. The smallest absolute Gasteiger partial charge is 0.304 e. The first-order valence-electron chi connectivity index (χ1n) is 5.43. The Morgan fingerprint density at radius 2 is 2.11 bits per heavy atom. The zero-order valence-electron chi connectivity index (χ0n) is 9.94. The van der Waals surface area contributed by atoms with Crippen LogP contribution in [0.2, 0.25) is 10.0 Å². The molecular weight excluding hydrogens is 277 g/mol. The second-order valence-electron chi connectivity index (χ2n) is 4.09. The number of aliphatic hydroxyl groups is 1. The van der Waals surface area contributed by atoms with Crippen molar-refractivity contribution in [1.29, 1.82) is 0 Å².